The average Bonchev–Trinajstić information content (AvgIpc) is 3.14. The standard InChI is InChI=1S/C19H20F6N4O2/c1-18(21,22)15-10(20)5-4-6-11(15)26-16(30)14-9(8-28(2)17(14)31)12-7-13(19(23,24)25)27-29(12)3/h4-7,9,13-14,27H,8H2,1-3H3,(H,26,30)/t9-,13?,14+/m1/s1. The number of nitrogens with one attached hydrogen (secondary N) is 2. The molecule has 1 aromatic rings. The van der Waals surface area contributed by atoms with Gasteiger partial charge in [0.15, 0.2) is 0 Å². The number of anilines is 1. The third-order valence-corrected chi connectivity index (χ3v) is 5.30. The fourth-order valence-corrected chi connectivity index (χ4v) is 3.89. The first-order valence-corrected chi connectivity index (χ1v) is 9.22. The predicted octanol–water partition coefficient (Wildman–Crippen LogP) is 2.85. The normalized spacial score (nSPS) is 24.6. The van der Waals surface area contributed by atoms with Gasteiger partial charge in [-0.2, -0.15) is 13.2 Å². The number of alkyl halides is 5. The van der Waals surface area contributed by atoms with Crippen molar-refractivity contribution >= 4 is 17.5 Å². The Balaban J connectivity index is 1.93. The highest BCUT2D eigenvalue weighted by atomic mass is 19.4. The van der Waals surface area contributed by atoms with Crippen molar-refractivity contribution in [1.82, 2.24) is 15.3 Å². The molecule has 6 nitrogen and oxygen atoms in total. The summed E-state index contributed by atoms with van der Waals surface area (Å²) < 4.78 is 81.0. The van der Waals surface area contributed by atoms with Crippen LogP contribution in [-0.4, -0.2) is 54.6 Å². The maximum Gasteiger partial charge on any atom is 0.409 e. The van der Waals surface area contributed by atoms with Crippen molar-refractivity contribution in [2.24, 2.45) is 11.8 Å². The van der Waals surface area contributed by atoms with E-state index in [-0.39, 0.29) is 12.2 Å². The maximum absolute atomic E-state index is 14.0. The molecule has 1 fully saturated rings. The van der Waals surface area contributed by atoms with Gasteiger partial charge in [-0.3, -0.25) is 9.59 Å². The van der Waals surface area contributed by atoms with Gasteiger partial charge in [0.1, 0.15) is 17.8 Å². The number of carbonyl (C=O) groups excluding carboxylic acids is 2. The predicted molar refractivity (Wildman–Crippen MR) is 98.0 cm³/mol. The topological polar surface area (TPSA) is 64.7 Å². The van der Waals surface area contributed by atoms with Gasteiger partial charge in [-0.05, 0) is 18.2 Å². The number of rotatable bonds is 4. The molecule has 2 heterocycles. The summed E-state index contributed by atoms with van der Waals surface area (Å²) >= 11 is 0. The minimum atomic E-state index is -4.59. The average molecular weight is 450 g/mol. The third-order valence-electron chi connectivity index (χ3n) is 5.30. The lowest BCUT2D eigenvalue weighted by Crippen LogP contribution is -2.44. The molecule has 0 aliphatic carbocycles. The lowest BCUT2D eigenvalue weighted by Gasteiger charge is -2.25. The molecular weight excluding hydrogens is 430 g/mol. The largest absolute Gasteiger partial charge is 0.409 e. The van der Waals surface area contributed by atoms with Gasteiger partial charge in [-0.15, -0.1) is 0 Å². The quantitative estimate of drug-likeness (QED) is 0.547. The number of amides is 2. The molecule has 3 rings (SSSR count). The summed E-state index contributed by atoms with van der Waals surface area (Å²) in [6.07, 6.45) is -3.71. The second kappa shape index (κ2) is 7.74. The summed E-state index contributed by atoms with van der Waals surface area (Å²) in [6, 6.07) is 0.992. The van der Waals surface area contributed by atoms with Gasteiger partial charge in [0.05, 0.1) is 11.3 Å². The van der Waals surface area contributed by atoms with Gasteiger partial charge in [-0.25, -0.2) is 18.6 Å². The van der Waals surface area contributed by atoms with Crippen molar-refractivity contribution in [1.29, 1.82) is 0 Å². The monoisotopic (exact) mass is 450 g/mol. The van der Waals surface area contributed by atoms with Gasteiger partial charge in [0.25, 0.3) is 5.92 Å². The Morgan fingerprint density at radius 3 is 2.39 bits per heavy atom. The first-order valence-electron chi connectivity index (χ1n) is 9.22. The Bertz CT molecular complexity index is 927. The second-order valence-electron chi connectivity index (χ2n) is 7.64. The Morgan fingerprint density at radius 1 is 1.19 bits per heavy atom. The molecular formula is C19H20F6N4O2. The number of hydrazine groups is 1. The van der Waals surface area contributed by atoms with E-state index in [2.05, 4.69) is 10.7 Å². The highest BCUT2D eigenvalue weighted by Crippen LogP contribution is 2.38. The Labute approximate surface area is 173 Å². The van der Waals surface area contributed by atoms with E-state index in [9.17, 15) is 35.9 Å². The van der Waals surface area contributed by atoms with Crippen molar-refractivity contribution < 1.29 is 35.9 Å². The van der Waals surface area contributed by atoms with Crippen LogP contribution in [0.1, 0.15) is 12.5 Å². The second-order valence-corrected chi connectivity index (χ2v) is 7.64. The number of hydrogen-bond donors (Lipinski definition) is 2. The van der Waals surface area contributed by atoms with Crippen molar-refractivity contribution in [2.75, 3.05) is 26.0 Å². The SMILES string of the molecule is CN1C[C@H](C2=CC(C(F)(F)F)NN2C)[C@@H](C(=O)Nc2cccc(F)c2C(C)(F)F)C1=O. The molecule has 0 aromatic heterocycles. The molecule has 1 unspecified atom stereocenters. The molecule has 1 aromatic carbocycles. The number of nitrogens with zero attached hydrogens (tertiary/aromatic N) is 2. The zero-order valence-corrected chi connectivity index (χ0v) is 16.7. The van der Waals surface area contributed by atoms with E-state index < -0.39 is 58.9 Å². The third kappa shape index (κ3) is 4.34. The summed E-state index contributed by atoms with van der Waals surface area (Å²) in [5.41, 5.74) is 0.710. The van der Waals surface area contributed by atoms with E-state index in [4.69, 9.17) is 0 Å². The molecule has 0 bridgehead atoms. The molecule has 31 heavy (non-hydrogen) atoms. The Kier molecular flexibility index (Phi) is 5.72. The number of carbonyl (C=O) groups is 2. The fraction of sp³-hybridized carbons (Fsp3) is 0.474. The summed E-state index contributed by atoms with van der Waals surface area (Å²) in [5, 5.41) is 3.25. The highest BCUT2D eigenvalue weighted by molar-refractivity contribution is 6.08. The lowest BCUT2D eigenvalue weighted by atomic mass is 9.90. The van der Waals surface area contributed by atoms with E-state index in [0.717, 1.165) is 29.3 Å². The molecule has 170 valence electrons. The van der Waals surface area contributed by atoms with Crippen LogP contribution >= 0.6 is 0 Å². The molecule has 3 atom stereocenters. The smallest absolute Gasteiger partial charge is 0.344 e. The van der Waals surface area contributed by atoms with Crippen LogP contribution in [0.15, 0.2) is 30.0 Å². The van der Waals surface area contributed by atoms with Crippen molar-refractivity contribution in [3.05, 3.63) is 41.4 Å². The zero-order chi connectivity index (χ0) is 23.3. The van der Waals surface area contributed by atoms with Crippen LogP contribution in [0.2, 0.25) is 0 Å². The molecule has 0 saturated carbocycles. The number of likely N-dealkylation sites (tertiary alicyclic amines) is 1. The van der Waals surface area contributed by atoms with Crippen LogP contribution in [0.4, 0.5) is 32.0 Å². The van der Waals surface area contributed by atoms with E-state index >= 15 is 0 Å². The van der Waals surface area contributed by atoms with E-state index in [0.29, 0.717) is 6.92 Å². The molecule has 2 amide bonds. The van der Waals surface area contributed by atoms with Gasteiger partial charge < -0.3 is 15.2 Å². The molecule has 1 saturated heterocycles. The number of halogens is 6. The molecule has 2 N–H and O–H groups in total. The van der Waals surface area contributed by atoms with Crippen molar-refractivity contribution in [2.45, 2.75) is 25.1 Å². The lowest BCUT2D eigenvalue weighted by molar-refractivity contribution is -0.149. The minimum absolute atomic E-state index is 0.0563. The summed E-state index contributed by atoms with van der Waals surface area (Å²) in [6.45, 7) is 0.402. The van der Waals surface area contributed by atoms with Gasteiger partial charge in [0, 0.05) is 39.2 Å². The van der Waals surface area contributed by atoms with Crippen LogP contribution in [0.3, 0.4) is 0 Å². The molecule has 2 aliphatic rings. The Morgan fingerprint density at radius 2 is 1.84 bits per heavy atom. The van der Waals surface area contributed by atoms with Crippen LogP contribution in [-0.2, 0) is 15.5 Å². The van der Waals surface area contributed by atoms with Gasteiger partial charge in [0.2, 0.25) is 11.8 Å². The summed E-state index contributed by atoms with van der Waals surface area (Å²) in [5.74, 6) is -9.02. The first kappa shape index (κ1) is 22.9. The number of benzene rings is 1. The van der Waals surface area contributed by atoms with Gasteiger partial charge >= 0.3 is 6.18 Å². The van der Waals surface area contributed by atoms with E-state index in [1.165, 1.54) is 19.0 Å². The molecule has 0 radical (unpaired) electrons. The summed E-state index contributed by atoms with van der Waals surface area (Å²) in [7, 11) is 2.69. The zero-order valence-electron chi connectivity index (χ0n) is 16.7. The van der Waals surface area contributed by atoms with Crippen molar-refractivity contribution in [3.63, 3.8) is 0 Å². The number of hydrogen-bond acceptors (Lipinski definition) is 4. The Hall–Kier alpha value is -2.76. The highest BCUT2D eigenvalue weighted by Gasteiger charge is 2.50. The van der Waals surface area contributed by atoms with Crippen LogP contribution in [0.25, 0.3) is 0 Å². The fourth-order valence-electron chi connectivity index (χ4n) is 3.89. The van der Waals surface area contributed by atoms with Crippen LogP contribution < -0.4 is 10.7 Å². The van der Waals surface area contributed by atoms with Crippen LogP contribution in [0, 0.1) is 17.7 Å². The van der Waals surface area contributed by atoms with Crippen molar-refractivity contribution in [3.8, 4) is 0 Å². The van der Waals surface area contributed by atoms with Crippen LogP contribution in [0.5, 0.6) is 0 Å². The molecule has 2 aliphatic heterocycles. The summed E-state index contributed by atoms with van der Waals surface area (Å²) in [4.78, 5) is 26.7. The van der Waals surface area contributed by atoms with E-state index in [1.54, 1.807) is 0 Å². The molecule has 0 spiro atoms. The van der Waals surface area contributed by atoms with Gasteiger partial charge in [-0.1, -0.05) is 6.07 Å². The maximum atomic E-state index is 14.0. The molecule has 12 heteroatoms. The van der Waals surface area contributed by atoms with E-state index in [1.807, 2.05) is 0 Å². The first-order chi connectivity index (χ1) is 14.2. The minimum Gasteiger partial charge on any atom is -0.344 e.